The lowest BCUT2D eigenvalue weighted by molar-refractivity contribution is -0.120. The number of thiophene rings is 1. The van der Waals surface area contributed by atoms with Gasteiger partial charge in [-0.2, -0.15) is 0 Å². The molecule has 1 N–H and O–H groups in total. The van der Waals surface area contributed by atoms with Crippen LogP contribution in [0.1, 0.15) is 17.4 Å². The van der Waals surface area contributed by atoms with Crippen LogP contribution in [0.15, 0.2) is 11.4 Å². The molecule has 0 fully saturated rings. The van der Waals surface area contributed by atoms with Gasteiger partial charge in [-0.1, -0.05) is 11.8 Å². The van der Waals surface area contributed by atoms with E-state index in [2.05, 4.69) is 29.1 Å². The van der Waals surface area contributed by atoms with Crippen LogP contribution < -0.4 is 5.32 Å². The molecule has 0 saturated heterocycles. The fourth-order valence-corrected chi connectivity index (χ4v) is 3.94. The molecule has 21 heavy (non-hydrogen) atoms. The van der Waals surface area contributed by atoms with Crippen molar-refractivity contribution in [3.63, 3.8) is 0 Å². The van der Waals surface area contributed by atoms with Crippen LogP contribution in [0, 0.1) is 13.8 Å². The Labute approximate surface area is 132 Å². The molecule has 0 aliphatic heterocycles. The van der Waals surface area contributed by atoms with E-state index in [1.165, 1.54) is 22.2 Å². The van der Waals surface area contributed by atoms with Crippen molar-refractivity contribution in [3.05, 3.63) is 16.8 Å². The second kappa shape index (κ2) is 7.20. The monoisotopic (exact) mass is 325 g/mol. The number of nitrogens with zero attached hydrogens (tertiary/aromatic N) is 2. The third kappa shape index (κ3) is 3.72. The standard InChI is InChI=1S/C14H19N3O2S2/c1-8-9(2)20-13-11(8)14(17-7-16-13)21-10(3)12(18)15-5-6-19-4/h7,10H,5-6H2,1-4H3,(H,15,18)/t10-/m0/s1. The number of aromatic nitrogens is 2. The van der Waals surface area contributed by atoms with Crippen LogP contribution in [-0.4, -0.2) is 41.4 Å². The zero-order chi connectivity index (χ0) is 15.4. The summed E-state index contributed by atoms with van der Waals surface area (Å²) in [5.41, 5.74) is 1.20. The molecule has 0 aromatic carbocycles. The molecule has 2 aromatic rings. The Morgan fingerprint density at radius 1 is 1.48 bits per heavy atom. The van der Waals surface area contributed by atoms with E-state index in [-0.39, 0.29) is 11.2 Å². The van der Waals surface area contributed by atoms with E-state index in [9.17, 15) is 4.79 Å². The van der Waals surface area contributed by atoms with Crippen LogP contribution in [0.25, 0.3) is 10.2 Å². The Morgan fingerprint density at radius 2 is 2.24 bits per heavy atom. The van der Waals surface area contributed by atoms with Crippen LogP contribution in [0.5, 0.6) is 0 Å². The van der Waals surface area contributed by atoms with Gasteiger partial charge in [0.05, 0.1) is 11.9 Å². The van der Waals surface area contributed by atoms with Crippen molar-refractivity contribution in [2.24, 2.45) is 0 Å². The molecular formula is C14H19N3O2S2. The average molecular weight is 325 g/mol. The minimum atomic E-state index is -0.209. The summed E-state index contributed by atoms with van der Waals surface area (Å²) in [7, 11) is 1.61. The number of nitrogens with one attached hydrogen (secondary N) is 1. The van der Waals surface area contributed by atoms with Crippen LogP contribution in [0.3, 0.4) is 0 Å². The lowest BCUT2D eigenvalue weighted by Gasteiger charge is -2.12. The molecule has 7 heteroatoms. The van der Waals surface area contributed by atoms with Crippen molar-refractivity contribution >= 4 is 39.2 Å². The average Bonchev–Trinajstić information content (AvgIpc) is 2.75. The predicted octanol–water partition coefficient (Wildman–Crippen LogP) is 2.55. The van der Waals surface area contributed by atoms with Gasteiger partial charge in [-0.05, 0) is 26.3 Å². The van der Waals surface area contributed by atoms with Crippen LogP contribution in [-0.2, 0) is 9.53 Å². The SMILES string of the molecule is COCCNC(=O)[C@H](C)Sc1ncnc2sc(C)c(C)c12. The zero-order valence-corrected chi connectivity index (χ0v) is 14.2. The van der Waals surface area contributed by atoms with Gasteiger partial charge in [-0.3, -0.25) is 4.79 Å². The first-order valence-electron chi connectivity index (χ1n) is 6.68. The Morgan fingerprint density at radius 3 is 2.95 bits per heavy atom. The summed E-state index contributed by atoms with van der Waals surface area (Å²) in [6, 6.07) is 0. The van der Waals surface area contributed by atoms with E-state index in [0.717, 1.165) is 15.2 Å². The molecule has 5 nitrogen and oxygen atoms in total. The van der Waals surface area contributed by atoms with Gasteiger partial charge < -0.3 is 10.1 Å². The van der Waals surface area contributed by atoms with E-state index >= 15 is 0 Å². The molecule has 0 unspecified atom stereocenters. The second-order valence-electron chi connectivity index (χ2n) is 4.69. The molecule has 0 spiro atoms. The molecular weight excluding hydrogens is 306 g/mol. The van der Waals surface area contributed by atoms with Gasteiger partial charge in [-0.25, -0.2) is 9.97 Å². The van der Waals surface area contributed by atoms with E-state index < -0.39 is 0 Å². The Balaban J connectivity index is 2.14. The highest BCUT2D eigenvalue weighted by Gasteiger charge is 2.18. The molecule has 2 rings (SSSR count). The third-order valence-electron chi connectivity index (χ3n) is 3.19. The van der Waals surface area contributed by atoms with Gasteiger partial charge in [0, 0.05) is 23.9 Å². The molecule has 0 aliphatic rings. The summed E-state index contributed by atoms with van der Waals surface area (Å²) in [6.07, 6.45) is 1.57. The first kappa shape index (κ1) is 16.2. The first-order valence-corrected chi connectivity index (χ1v) is 8.38. The summed E-state index contributed by atoms with van der Waals surface area (Å²) in [5.74, 6) is -0.00610. The van der Waals surface area contributed by atoms with Crippen molar-refractivity contribution in [2.75, 3.05) is 20.3 Å². The number of carbonyl (C=O) groups is 1. The number of rotatable bonds is 6. The molecule has 1 atom stereocenters. The number of hydrogen-bond donors (Lipinski definition) is 1. The maximum Gasteiger partial charge on any atom is 0.233 e. The summed E-state index contributed by atoms with van der Waals surface area (Å²) in [5, 5.41) is 4.58. The van der Waals surface area contributed by atoms with Crippen molar-refractivity contribution in [1.29, 1.82) is 0 Å². The number of hydrogen-bond acceptors (Lipinski definition) is 6. The molecule has 0 radical (unpaired) electrons. The van der Waals surface area contributed by atoms with Gasteiger partial charge in [0.2, 0.25) is 5.91 Å². The number of aryl methyl sites for hydroxylation is 2. The highest BCUT2D eigenvalue weighted by molar-refractivity contribution is 8.00. The minimum Gasteiger partial charge on any atom is -0.383 e. The van der Waals surface area contributed by atoms with Gasteiger partial charge in [0.1, 0.15) is 16.2 Å². The molecule has 0 bridgehead atoms. The van der Waals surface area contributed by atoms with E-state index in [4.69, 9.17) is 4.74 Å². The maximum absolute atomic E-state index is 12.0. The topological polar surface area (TPSA) is 64.1 Å². The fraction of sp³-hybridized carbons (Fsp3) is 0.500. The van der Waals surface area contributed by atoms with Crippen molar-refractivity contribution in [3.8, 4) is 0 Å². The third-order valence-corrected chi connectivity index (χ3v) is 5.41. The summed E-state index contributed by atoms with van der Waals surface area (Å²) in [4.78, 5) is 22.9. The molecule has 0 saturated carbocycles. The lowest BCUT2D eigenvalue weighted by Crippen LogP contribution is -2.33. The molecule has 114 valence electrons. The number of amides is 1. The number of methoxy groups -OCH3 is 1. The number of thioether (sulfide) groups is 1. The summed E-state index contributed by atoms with van der Waals surface area (Å²) in [6.45, 7) is 7.08. The quantitative estimate of drug-likeness (QED) is 0.502. The van der Waals surface area contributed by atoms with Crippen molar-refractivity contribution in [1.82, 2.24) is 15.3 Å². The molecule has 1 amide bonds. The van der Waals surface area contributed by atoms with Gasteiger partial charge >= 0.3 is 0 Å². The largest absolute Gasteiger partial charge is 0.383 e. The van der Waals surface area contributed by atoms with Crippen LogP contribution in [0.4, 0.5) is 0 Å². The summed E-state index contributed by atoms with van der Waals surface area (Å²) < 4.78 is 4.93. The molecule has 2 aromatic heterocycles. The van der Waals surface area contributed by atoms with Gasteiger partial charge in [-0.15, -0.1) is 11.3 Å². The fourth-order valence-electron chi connectivity index (χ4n) is 1.88. The second-order valence-corrected chi connectivity index (χ2v) is 7.22. The van der Waals surface area contributed by atoms with Crippen LogP contribution in [0.2, 0.25) is 0 Å². The Hall–Kier alpha value is -1.18. The Bertz CT molecular complexity index is 642. The van der Waals surface area contributed by atoms with E-state index in [0.29, 0.717) is 13.2 Å². The normalized spacial score (nSPS) is 12.6. The molecule has 0 aliphatic carbocycles. The van der Waals surface area contributed by atoms with Crippen molar-refractivity contribution < 1.29 is 9.53 Å². The van der Waals surface area contributed by atoms with E-state index in [1.807, 2.05) is 6.92 Å². The number of fused-ring (bicyclic) bond motifs is 1. The molecule has 2 heterocycles. The maximum atomic E-state index is 12.0. The summed E-state index contributed by atoms with van der Waals surface area (Å²) >= 11 is 3.13. The van der Waals surface area contributed by atoms with Gasteiger partial charge in [0.25, 0.3) is 0 Å². The predicted molar refractivity (Wildman–Crippen MR) is 87.1 cm³/mol. The lowest BCUT2D eigenvalue weighted by atomic mass is 10.2. The zero-order valence-electron chi connectivity index (χ0n) is 12.6. The first-order chi connectivity index (χ1) is 10.0. The van der Waals surface area contributed by atoms with Gasteiger partial charge in [0.15, 0.2) is 0 Å². The highest BCUT2D eigenvalue weighted by atomic mass is 32.2. The highest BCUT2D eigenvalue weighted by Crippen LogP contribution is 2.35. The number of carbonyl (C=O) groups excluding carboxylic acids is 1. The number of ether oxygens (including phenoxy) is 1. The van der Waals surface area contributed by atoms with Crippen LogP contribution >= 0.6 is 23.1 Å². The van der Waals surface area contributed by atoms with Crippen molar-refractivity contribution in [2.45, 2.75) is 31.0 Å². The minimum absolute atomic E-state index is 0.00610. The smallest absolute Gasteiger partial charge is 0.233 e. The Kier molecular flexibility index (Phi) is 5.55. The van der Waals surface area contributed by atoms with E-state index in [1.54, 1.807) is 24.8 Å².